The molecule has 40 heavy (non-hydrogen) atoms. The molecule has 1 aliphatic rings. The van der Waals surface area contributed by atoms with Gasteiger partial charge in [-0.25, -0.2) is 0 Å². The molecule has 8 heteroatoms. The van der Waals surface area contributed by atoms with Crippen molar-refractivity contribution in [3.8, 4) is 0 Å². The van der Waals surface area contributed by atoms with Crippen LogP contribution in [0.25, 0.3) is 0 Å². The predicted octanol–water partition coefficient (Wildman–Crippen LogP) is 6.12. The van der Waals surface area contributed by atoms with Gasteiger partial charge in [0, 0.05) is 47.6 Å². The Balaban J connectivity index is 1.53. The van der Waals surface area contributed by atoms with Crippen LogP contribution in [-0.4, -0.2) is 42.0 Å². The summed E-state index contributed by atoms with van der Waals surface area (Å²) in [6, 6.07) is 22.1. The number of aliphatic carboxylic acids is 1. The molecule has 7 nitrogen and oxygen atoms in total. The Morgan fingerprint density at radius 3 is 2.30 bits per heavy atom. The van der Waals surface area contributed by atoms with Crippen molar-refractivity contribution in [2.45, 2.75) is 52.6 Å². The van der Waals surface area contributed by atoms with Gasteiger partial charge in [-0.05, 0) is 87.7 Å². The van der Waals surface area contributed by atoms with Crippen molar-refractivity contribution >= 4 is 40.8 Å². The fraction of sp³-hybridized carbons (Fsp3) is 0.344. The first-order chi connectivity index (χ1) is 19.0. The van der Waals surface area contributed by atoms with Gasteiger partial charge in [0.1, 0.15) is 0 Å². The first-order valence-corrected chi connectivity index (χ1v) is 13.9. The average molecular weight is 562 g/mol. The summed E-state index contributed by atoms with van der Waals surface area (Å²) in [4.78, 5) is 42.5. The molecule has 2 atom stereocenters. The lowest BCUT2D eigenvalue weighted by molar-refractivity contribution is -0.146. The number of carbonyl (C=O) groups excluding carboxylic acids is 2. The Labute approximate surface area is 240 Å². The fourth-order valence-electron chi connectivity index (χ4n) is 5.13. The number of rotatable bonds is 9. The number of amides is 2. The molecule has 1 aliphatic heterocycles. The molecule has 0 fully saturated rings. The summed E-state index contributed by atoms with van der Waals surface area (Å²) in [5.74, 6) is -1.36. The zero-order valence-corrected chi connectivity index (χ0v) is 24.1. The Morgan fingerprint density at radius 2 is 1.68 bits per heavy atom. The molecule has 0 aromatic heterocycles. The van der Waals surface area contributed by atoms with E-state index in [2.05, 4.69) is 5.32 Å². The second-order valence-electron chi connectivity index (χ2n) is 10.9. The highest BCUT2D eigenvalue weighted by molar-refractivity contribution is 6.30. The number of carbonyl (C=O) groups is 3. The molecule has 0 spiro atoms. The van der Waals surface area contributed by atoms with Gasteiger partial charge in [-0.3, -0.25) is 14.4 Å². The van der Waals surface area contributed by atoms with Crippen molar-refractivity contribution < 1.29 is 19.5 Å². The quantitative estimate of drug-likeness (QED) is 0.329. The number of para-hydroxylation sites is 1. The smallest absolute Gasteiger partial charge is 0.310 e. The first-order valence-electron chi connectivity index (χ1n) is 13.6. The lowest BCUT2D eigenvalue weighted by Crippen LogP contribution is -2.46. The molecule has 0 unspecified atom stereocenters. The number of fused-ring (bicyclic) bond motifs is 1. The van der Waals surface area contributed by atoms with E-state index in [1.54, 1.807) is 47.9 Å². The predicted molar refractivity (Wildman–Crippen MR) is 159 cm³/mol. The van der Waals surface area contributed by atoms with Gasteiger partial charge in [0.05, 0.1) is 11.3 Å². The SMILES string of the molecule is CCN(C(=O)[C@H]1C[C@H](C)N(C(=O)c2ccc(CNCC(C)(C)C(=O)O)cc2)c2ccccc21)c1ccc(Cl)cc1. The number of halogens is 1. The van der Waals surface area contributed by atoms with E-state index >= 15 is 0 Å². The second-order valence-corrected chi connectivity index (χ2v) is 11.4. The summed E-state index contributed by atoms with van der Waals surface area (Å²) in [6.45, 7) is 8.64. The van der Waals surface area contributed by atoms with Crippen molar-refractivity contribution in [3.63, 3.8) is 0 Å². The van der Waals surface area contributed by atoms with Gasteiger partial charge >= 0.3 is 5.97 Å². The molecular weight excluding hydrogens is 526 g/mol. The van der Waals surface area contributed by atoms with Crippen molar-refractivity contribution in [2.24, 2.45) is 5.41 Å². The van der Waals surface area contributed by atoms with E-state index in [-0.39, 0.29) is 23.8 Å². The molecule has 1 heterocycles. The second kappa shape index (κ2) is 12.2. The molecule has 0 aliphatic carbocycles. The zero-order chi connectivity index (χ0) is 29.0. The molecule has 4 rings (SSSR count). The normalized spacial score (nSPS) is 16.8. The largest absolute Gasteiger partial charge is 0.481 e. The molecule has 210 valence electrons. The third-order valence-electron chi connectivity index (χ3n) is 7.50. The van der Waals surface area contributed by atoms with Crippen LogP contribution < -0.4 is 15.1 Å². The van der Waals surface area contributed by atoms with Crippen LogP contribution in [0.3, 0.4) is 0 Å². The molecule has 2 N–H and O–H groups in total. The number of carboxylic acids is 1. The minimum Gasteiger partial charge on any atom is -0.481 e. The summed E-state index contributed by atoms with van der Waals surface area (Å²) in [5.41, 5.74) is 3.03. The van der Waals surface area contributed by atoms with Gasteiger partial charge in [-0.2, -0.15) is 0 Å². The van der Waals surface area contributed by atoms with Crippen LogP contribution in [-0.2, 0) is 16.1 Å². The van der Waals surface area contributed by atoms with Crippen molar-refractivity contribution in [3.05, 3.63) is 94.5 Å². The van der Waals surface area contributed by atoms with Gasteiger partial charge in [-0.15, -0.1) is 0 Å². The van der Waals surface area contributed by atoms with Crippen LogP contribution in [0.1, 0.15) is 61.5 Å². The highest BCUT2D eigenvalue weighted by Crippen LogP contribution is 2.40. The van der Waals surface area contributed by atoms with Crippen LogP contribution in [0.4, 0.5) is 11.4 Å². The first kappa shape index (κ1) is 29.3. The number of anilines is 2. The van der Waals surface area contributed by atoms with E-state index in [1.165, 1.54) is 0 Å². The van der Waals surface area contributed by atoms with E-state index in [9.17, 15) is 19.5 Å². The molecule has 0 radical (unpaired) electrons. The summed E-state index contributed by atoms with van der Waals surface area (Å²) in [5, 5.41) is 13.1. The Morgan fingerprint density at radius 1 is 1.02 bits per heavy atom. The minimum absolute atomic E-state index is 0.000787. The zero-order valence-electron chi connectivity index (χ0n) is 23.4. The van der Waals surface area contributed by atoms with Gasteiger partial charge in [0.25, 0.3) is 5.91 Å². The van der Waals surface area contributed by atoms with Crippen molar-refractivity contribution in [1.29, 1.82) is 0 Å². The summed E-state index contributed by atoms with van der Waals surface area (Å²) >= 11 is 6.06. The van der Waals surface area contributed by atoms with E-state index in [4.69, 9.17) is 11.6 Å². The maximum atomic E-state index is 13.8. The Kier molecular flexibility index (Phi) is 8.96. The topological polar surface area (TPSA) is 90.0 Å². The lowest BCUT2D eigenvalue weighted by Gasteiger charge is -2.40. The van der Waals surface area contributed by atoms with Crippen LogP contribution in [0.5, 0.6) is 0 Å². The van der Waals surface area contributed by atoms with Gasteiger partial charge in [0.15, 0.2) is 0 Å². The van der Waals surface area contributed by atoms with E-state index < -0.39 is 11.4 Å². The van der Waals surface area contributed by atoms with Gasteiger partial charge in [-0.1, -0.05) is 41.9 Å². The molecule has 3 aromatic carbocycles. The molecule has 2 amide bonds. The van der Waals surface area contributed by atoms with E-state index in [1.807, 2.05) is 62.4 Å². The van der Waals surface area contributed by atoms with E-state index in [0.29, 0.717) is 36.6 Å². The summed E-state index contributed by atoms with van der Waals surface area (Å²) in [6.07, 6.45) is 0.507. The minimum atomic E-state index is -0.865. The Hall–Kier alpha value is -3.68. The number of nitrogens with zero attached hydrogens (tertiary/aromatic N) is 2. The number of nitrogens with one attached hydrogen (secondary N) is 1. The van der Waals surface area contributed by atoms with Gasteiger partial charge < -0.3 is 20.2 Å². The van der Waals surface area contributed by atoms with Crippen molar-refractivity contribution in [2.75, 3.05) is 22.9 Å². The van der Waals surface area contributed by atoms with Crippen LogP contribution in [0, 0.1) is 5.41 Å². The maximum absolute atomic E-state index is 13.8. The summed E-state index contributed by atoms with van der Waals surface area (Å²) in [7, 11) is 0. The molecular formula is C32H36ClN3O4. The highest BCUT2D eigenvalue weighted by Gasteiger charge is 2.38. The number of benzene rings is 3. The standard InChI is InChI=1S/C32H36ClN3O4/c1-5-35(25-16-14-24(33)15-17-25)30(38)27-18-21(2)36(28-9-7-6-8-26(27)28)29(37)23-12-10-22(11-13-23)19-34-20-32(3,4)31(39)40/h6-17,21,27,34H,5,18-20H2,1-4H3,(H,39,40)/t21-,27-/m0/s1. The Bertz CT molecular complexity index is 1370. The molecule has 0 saturated heterocycles. The molecule has 3 aromatic rings. The van der Waals surface area contributed by atoms with Crippen LogP contribution >= 0.6 is 11.6 Å². The molecule has 0 saturated carbocycles. The van der Waals surface area contributed by atoms with E-state index in [0.717, 1.165) is 22.5 Å². The maximum Gasteiger partial charge on any atom is 0.310 e. The number of hydrogen-bond donors (Lipinski definition) is 2. The highest BCUT2D eigenvalue weighted by atomic mass is 35.5. The number of hydrogen-bond acceptors (Lipinski definition) is 4. The average Bonchev–Trinajstić information content (AvgIpc) is 2.94. The van der Waals surface area contributed by atoms with Gasteiger partial charge in [0.2, 0.25) is 5.91 Å². The van der Waals surface area contributed by atoms with Crippen LogP contribution in [0.2, 0.25) is 5.02 Å². The number of carboxylic acid groups (broad SMARTS) is 1. The number of likely N-dealkylation sites (N-methyl/N-ethyl adjacent to an activating group) is 1. The third kappa shape index (κ3) is 6.21. The fourth-order valence-corrected chi connectivity index (χ4v) is 5.26. The lowest BCUT2D eigenvalue weighted by atomic mass is 9.84. The summed E-state index contributed by atoms with van der Waals surface area (Å²) < 4.78 is 0. The van der Waals surface area contributed by atoms with Crippen LogP contribution in [0.15, 0.2) is 72.8 Å². The third-order valence-corrected chi connectivity index (χ3v) is 7.75. The monoisotopic (exact) mass is 561 g/mol. The van der Waals surface area contributed by atoms with Crippen molar-refractivity contribution in [1.82, 2.24) is 5.32 Å². The molecule has 0 bridgehead atoms.